The van der Waals surface area contributed by atoms with E-state index >= 15 is 0 Å². The average Bonchev–Trinajstić information content (AvgIpc) is 2.73. The number of carbonyl (C=O) groups excluding carboxylic acids is 1. The van der Waals surface area contributed by atoms with Crippen LogP contribution in [-0.2, 0) is 18.4 Å². The predicted molar refractivity (Wildman–Crippen MR) is 72.3 cm³/mol. The van der Waals surface area contributed by atoms with Gasteiger partial charge in [0, 0.05) is 6.42 Å². The summed E-state index contributed by atoms with van der Waals surface area (Å²) in [5.74, 6) is 1.08. The molecule has 0 aliphatic rings. The van der Waals surface area contributed by atoms with Crippen LogP contribution in [0.2, 0.25) is 0 Å². The van der Waals surface area contributed by atoms with Crippen molar-refractivity contribution in [1.82, 2.24) is 0 Å². The van der Waals surface area contributed by atoms with Gasteiger partial charge >= 0.3 is 7.60 Å². The highest BCUT2D eigenvalue weighted by Gasteiger charge is 2.39. The fourth-order valence-corrected chi connectivity index (χ4v) is 3.94. The Hall–Kier alpha value is -0.900. The summed E-state index contributed by atoms with van der Waals surface area (Å²) < 4.78 is 28.9. The average molecular weight is 288 g/mol. The highest BCUT2D eigenvalue weighted by atomic mass is 31.2. The number of furan rings is 1. The van der Waals surface area contributed by atoms with Crippen molar-refractivity contribution in [1.29, 1.82) is 0 Å². The van der Waals surface area contributed by atoms with E-state index in [1.54, 1.807) is 32.9 Å². The molecule has 0 N–H and O–H groups in total. The van der Waals surface area contributed by atoms with Crippen molar-refractivity contribution in [3.8, 4) is 0 Å². The van der Waals surface area contributed by atoms with Crippen LogP contribution < -0.4 is 0 Å². The third-order valence-corrected chi connectivity index (χ3v) is 5.01. The molecule has 1 unspecified atom stereocenters. The number of carbonyl (C=O) groups is 1. The van der Waals surface area contributed by atoms with E-state index in [0.29, 0.717) is 11.5 Å². The summed E-state index contributed by atoms with van der Waals surface area (Å²) >= 11 is 0. The van der Waals surface area contributed by atoms with Gasteiger partial charge in [0.15, 0.2) is 0 Å². The van der Waals surface area contributed by atoms with Gasteiger partial charge in [0.25, 0.3) is 0 Å². The lowest BCUT2D eigenvalue weighted by molar-refractivity contribution is -0.117. The molecule has 0 bridgehead atoms. The molecule has 0 spiro atoms. The Labute approximate surface area is 113 Å². The zero-order valence-electron chi connectivity index (χ0n) is 11.8. The number of ketones is 1. The minimum absolute atomic E-state index is 0.0736. The Morgan fingerprint density at radius 2 is 1.89 bits per heavy atom. The fourth-order valence-electron chi connectivity index (χ4n) is 1.85. The van der Waals surface area contributed by atoms with Gasteiger partial charge in [-0.15, -0.1) is 0 Å². The van der Waals surface area contributed by atoms with Crippen LogP contribution in [0, 0.1) is 6.92 Å². The molecule has 5 nitrogen and oxygen atoms in total. The van der Waals surface area contributed by atoms with Crippen molar-refractivity contribution in [2.45, 2.75) is 39.8 Å². The molecule has 0 radical (unpaired) electrons. The topological polar surface area (TPSA) is 65.7 Å². The standard InChI is InChI=1S/C13H21O5P/c1-5-16-19(15,17-6-2)13(9-10(3)14)12-8-7-11(4)18-12/h7-8,13H,5-6,9H2,1-4H3. The molecule has 108 valence electrons. The molecule has 1 aromatic heterocycles. The van der Waals surface area contributed by atoms with Crippen LogP contribution in [0.4, 0.5) is 0 Å². The van der Waals surface area contributed by atoms with Crippen LogP contribution >= 0.6 is 7.60 Å². The maximum atomic E-state index is 12.8. The summed E-state index contributed by atoms with van der Waals surface area (Å²) in [7, 11) is -3.41. The van der Waals surface area contributed by atoms with Crippen molar-refractivity contribution in [2.24, 2.45) is 0 Å². The minimum Gasteiger partial charge on any atom is -0.465 e. The van der Waals surface area contributed by atoms with Gasteiger partial charge in [-0.05, 0) is 39.8 Å². The van der Waals surface area contributed by atoms with E-state index < -0.39 is 13.3 Å². The van der Waals surface area contributed by atoms with Gasteiger partial charge in [-0.3, -0.25) is 9.36 Å². The summed E-state index contributed by atoms with van der Waals surface area (Å²) in [6.45, 7) is 7.23. The van der Waals surface area contributed by atoms with Crippen LogP contribution in [0.15, 0.2) is 16.5 Å². The van der Waals surface area contributed by atoms with E-state index in [1.165, 1.54) is 6.92 Å². The highest BCUT2D eigenvalue weighted by Crippen LogP contribution is 2.62. The van der Waals surface area contributed by atoms with Crippen LogP contribution in [0.3, 0.4) is 0 Å². The molecule has 1 atom stereocenters. The summed E-state index contributed by atoms with van der Waals surface area (Å²) in [5, 5.41) is 0. The number of hydrogen-bond acceptors (Lipinski definition) is 5. The normalized spacial score (nSPS) is 13.5. The molecule has 1 aromatic rings. The maximum Gasteiger partial charge on any atom is 0.341 e. The number of aryl methyl sites for hydroxylation is 1. The smallest absolute Gasteiger partial charge is 0.341 e. The second kappa shape index (κ2) is 7.04. The van der Waals surface area contributed by atoms with Crippen LogP contribution in [0.25, 0.3) is 0 Å². The summed E-state index contributed by atoms with van der Waals surface area (Å²) in [6.07, 6.45) is 0.0736. The van der Waals surface area contributed by atoms with Gasteiger partial charge in [0.2, 0.25) is 0 Å². The minimum atomic E-state index is -3.41. The van der Waals surface area contributed by atoms with E-state index in [4.69, 9.17) is 13.5 Å². The van der Waals surface area contributed by atoms with E-state index in [2.05, 4.69) is 0 Å². The maximum absolute atomic E-state index is 12.8. The molecule has 0 amide bonds. The molecular formula is C13H21O5P. The zero-order valence-corrected chi connectivity index (χ0v) is 12.7. The van der Waals surface area contributed by atoms with Crippen molar-refractivity contribution < 1.29 is 22.8 Å². The molecule has 1 rings (SSSR count). The van der Waals surface area contributed by atoms with Crippen molar-refractivity contribution in [2.75, 3.05) is 13.2 Å². The molecule has 1 heterocycles. The molecule has 0 fully saturated rings. The molecule has 0 aliphatic carbocycles. The van der Waals surface area contributed by atoms with Crippen molar-refractivity contribution in [3.63, 3.8) is 0 Å². The molecule has 0 aromatic carbocycles. The second-order valence-corrected chi connectivity index (χ2v) is 6.47. The largest absolute Gasteiger partial charge is 0.465 e. The van der Waals surface area contributed by atoms with Gasteiger partial charge in [-0.2, -0.15) is 0 Å². The lowest BCUT2D eigenvalue weighted by Crippen LogP contribution is -2.09. The van der Waals surface area contributed by atoms with Crippen LogP contribution in [0.5, 0.6) is 0 Å². The van der Waals surface area contributed by atoms with E-state index in [9.17, 15) is 9.36 Å². The number of hydrogen-bond donors (Lipinski definition) is 0. The van der Waals surface area contributed by atoms with Gasteiger partial charge in [0.05, 0.1) is 13.2 Å². The van der Waals surface area contributed by atoms with E-state index in [0.717, 1.165) is 0 Å². The summed E-state index contributed by atoms with van der Waals surface area (Å²) in [5.41, 5.74) is -0.682. The fraction of sp³-hybridized carbons (Fsp3) is 0.615. The van der Waals surface area contributed by atoms with Gasteiger partial charge in [-0.1, -0.05) is 0 Å². The third kappa shape index (κ3) is 4.30. The lowest BCUT2D eigenvalue weighted by Gasteiger charge is -2.24. The zero-order chi connectivity index (χ0) is 14.5. The van der Waals surface area contributed by atoms with Gasteiger partial charge in [-0.25, -0.2) is 0 Å². The van der Waals surface area contributed by atoms with E-state index in [-0.39, 0.29) is 25.4 Å². The first-order chi connectivity index (χ1) is 8.92. The SMILES string of the molecule is CCOP(=O)(OCC)C(CC(C)=O)c1ccc(C)o1. The predicted octanol–water partition coefficient (Wildman–Crippen LogP) is 3.87. The third-order valence-electron chi connectivity index (χ3n) is 2.57. The molecule has 6 heteroatoms. The second-order valence-electron chi connectivity index (χ2n) is 4.25. The number of Topliss-reactive ketones (excluding diaryl/α,β-unsaturated/α-hetero) is 1. The first-order valence-electron chi connectivity index (χ1n) is 6.37. The van der Waals surface area contributed by atoms with Crippen molar-refractivity contribution in [3.05, 3.63) is 23.7 Å². The lowest BCUT2D eigenvalue weighted by atomic mass is 10.2. The highest BCUT2D eigenvalue weighted by molar-refractivity contribution is 7.54. The van der Waals surface area contributed by atoms with Crippen LogP contribution in [0.1, 0.15) is 44.4 Å². The van der Waals surface area contributed by atoms with Crippen molar-refractivity contribution >= 4 is 13.4 Å². The monoisotopic (exact) mass is 288 g/mol. The Kier molecular flexibility index (Phi) is 5.98. The van der Waals surface area contributed by atoms with Crippen LogP contribution in [-0.4, -0.2) is 19.0 Å². The molecular weight excluding hydrogens is 267 g/mol. The van der Waals surface area contributed by atoms with Gasteiger partial charge < -0.3 is 13.5 Å². The quantitative estimate of drug-likeness (QED) is 0.679. The first kappa shape index (κ1) is 16.2. The van der Waals surface area contributed by atoms with Gasteiger partial charge in [0.1, 0.15) is 23.0 Å². The number of rotatable bonds is 8. The summed E-state index contributed by atoms with van der Waals surface area (Å²) in [6, 6.07) is 3.48. The van der Waals surface area contributed by atoms with E-state index in [1.807, 2.05) is 0 Å². The molecule has 0 saturated heterocycles. The summed E-state index contributed by atoms with van der Waals surface area (Å²) in [4.78, 5) is 11.4. The Morgan fingerprint density at radius 1 is 1.32 bits per heavy atom. The Bertz CT molecular complexity index is 455. The Morgan fingerprint density at radius 3 is 2.26 bits per heavy atom. The molecule has 0 saturated carbocycles. The Balaban J connectivity index is 3.13. The molecule has 19 heavy (non-hydrogen) atoms. The first-order valence-corrected chi connectivity index (χ1v) is 7.98. The molecule has 0 aliphatic heterocycles.